The standard InChI is InChI=1S/C13H17N3.2ClH/c1-9(14)7-10-11-8-15-5-4-13(11)16-6-2-3-12(10)16;;/h4-5,8-9H,2-3,6-7,14H2,1H3;2*1H. The van der Waals surface area contributed by atoms with Crippen LogP contribution in [0.5, 0.6) is 0 Å². The Bertz CT molecular complexity index is 534. The molecule has 2 aromatic rings. The SMILES string of the molecule is CC(N)Cc1c2n(c3ccncc13)CCC2.Cl.Cl. The van der Waals surface area contributed by atoms with E-state index in [1.165, 1.54) is 35.0 Å². The summed E-state index contributed by atoms with van der Waals surface area (Å²) in [4.78, 5) is 4.24. The van der Waals surface area contributed by atoms with Gasteiger partial charge in [0.25, 0.3) is 0 Å². The lowest BCUT2D eigenvalue weighted by Gasteiger charge is -2.05. The molecule has 0 saturated heterocycles. The van der Waals surface area contributed by atoms with E-state index in [9.17, 15) is 0 Å². The van der Waals surface area contributed by atoms with Gasteiger partial charge in [-0.2, -0.15) is 0 Å². The molecule has 0 aliphatic carbocycles. The van der Waals surface area contributed by atoms with E-state index < -0.39 is 0 Å². The van der Waals surface area contributed by atoms with Crippen molar-refractivity contribution in [1.82, 2.24) is 9.55 Å². The highest BCUT2D eigenvalue weighted by Crippen LogP contribution is 2.31. The van der Waals surface area contributed by atoms with Crippen LogP contribution < -0.4 is 5.73 Å². The average Bonchev–Trinajstić information content (AvgIpc) is 2.82. The molecule has 1 unspecified atom stereocenters. The Kier molecular flexibility index (Phi) is 5.02. The Balaban J connectivity index is 0.000000810. The Morgan fingerprint density at radius 3 is 2.94 bits per heavy atom. The zero-order chi connectivity index (χ0) is 11.1. The summed E-state index contributed by atoms with van der Waals surface area (Å²) in [5.41, 5.74) is 10.2. The van der Waals surface area contributed by atoms with Crippen molar-refractivity contribution >= 4 is 35.7 Å². The fourth-order valence-corrected chi connectivity index (χ4v) is 2.81. The molecule has 100 valence electrons. The number of rotatable bonds is 2. The minimum Gasteiger partial charge on any atom is -0.344 e. The fourth-order valence-electron chi connectivity index (χ4n) is 2.81. The van der Waals surface area contributed by atoms with Crippen molar-refractivity contribution in [3.63, 3.8) is 0 Å². The summed E-state index contributed by atoms with van der Waals surface area (Å²) >= 11 is 0. The van der Waals surface area contributed by atoms with Gasteiger partial charge >= 0.3 is 0 Å². The smallest absolute Gasteiger partial charge is 0.0516 e. The maximum Gasteiger partial charge on any atom is 0.0516 e. The van der Waals surface area contributed by atoms with Crippen LogP contribution in [0.4, 0.5) is 0 Å². The van der Waals surface area contributed by atoms with E-state index in [4.69, 9.17) is 5.73 Å². The molecule has 0 bridgehead atoms. The number of halogens is 2. The van der Waals surface area contributed by atoms with E-state index in [1.807, 2.05) is 12.4 Å². The zero-order valence-electron chi connectivity index (χ0n) is 10.4. The van der Waals surface area contributed by atoms with Crippen LogP contribution in [-0.4, -0.2) is 15.6 Å². The highest BCUT2D eigenvalue weighted by Gasteiger charge is 2.21. The fraction of sp³-hybridized carbons (Fsp3) is 0.462. The number of fused-ring (bicyclic) bond motifs is 3. The second kappa shape index (κ2) is 5.91. The van der Waals surface area contributed by atoms with Gasteiger partial charge in [-0.15, -0.1) is 24.8 Å². The first-order valence-electron chi connectivity index (χ1n) is 5.97. The molecule has 1 aliphatic rings. The average molecular weight is 288 g/mol. The van der Waals surface area contributed by atoms with Gasteiger partial charge < -0.3 is 10.3 Å². The Labute approximate surface area is 120 Å². The lowest BCUT2D eigenvalue weighted by atomic mass is 10.0. The van der Waals surface area contributed by atoms with Crippen molar-refractivity contribution in [2.45, 2.75) is 38.8 Å². The summed E-state index contributed by atoms with van der Waals surface area (Å²) < 4.78 is 2.44. The lowest BCUT2D eigenvalue weighted by molar-refractivity contribution is 0.733. The molecule has 0 aromatic carbocycles. The van der Waals surface area contributed by atoms with Crippen LogP contribution in [0.25, 0.3) is 10.9 Å². The summed E-state index contributed by atoms with van der Waals surface area (Å²) in [6.07, 6.45) is 7.28. The van der Waals surface area contributed by atoms with Crippen LogP contribution >= 0.6 is 24.8 Å². The molecular weight excluding hydrogens is 269 g/mol. The molecular formula is C13H19Cl2N3. The summed E-state index contributed by atoms with van der Waals surface area (Å²) in [7, 11) is 0. The van der Waals surface area contributed by atoms with Gasteiger partial charge in [-0.25, -0.2) is 0 Å². The molecule has 1 atom stereocenters. The second-order valence-corrected chi connectivity index (χ2v) is 4.75. The van der Waals surface area contributed by atoms with Crippen LogP contribution in [-0.2, 0) is 19.4 Å². The van der Waals surface area contributed by atoms with Crippen molar-refractivity contribution < 1.29 is 0 Å². The van der Waals surface area contributed by atoms with E-state index in [2.05, 4.69) is 22.5 Å². The van der Waals surface area contributed by atoms with E-state index in [-0.39, 0.29) is 30.9 Å². The van der Waals surface area contributed by atoms with Gasteiger partial charge in [0.05, 0.1) is 5.52 Å². The quantitative estimate of drug-likeness (QED) is 0.923. The number of aryl methyl sites for hydroxylation is 1. The maximum absolute atomic E-state index is 5.94. The number of hydrogen-bond donors (Lipinski definition) is 1. The molecule has 1 aliphatic heterocycles. The van der Waals surface area contributed by atoms with Crippen LogP contribution in [0.3, 0.4) is 0 Å². The summed E-state index contributed by atoms with van der Waals surface area (Å²) in [6, 6.07) is 2.34. The first-order chi connectivity index (χ1) is 7.77. The molecule has 0 saturated carbocycles. The largest absolute Gasteiger partial charge is 0.344 e. The predicted octanol–water partition coefficient (Wildman–Crippen LogP) is 2.72. The highest BCUT2D eigenvalue weighted by atomic mass is 35.5. The Hall–Kier alpha value is -0.770. The van der Waals surface area contributed by atoms with Crippen LogP contribution in [0.2, 0.25) is 0 Å². The highest BCUT2D eigenvalue weighted by molar-refractivity contribution is 5.86. The van der Waals surface area contributed by atoms with Gasteiger partial charge in [0, 0.05) is 36.1 Å². The summed E-state index contributed by atoms with van der Waals surface area (Å²) in [5, 5.41) is 1.30. The van der Waals surface area contributed by atoms with Crippen molar-refractivity contribution in [3.8, 4) is 0 Å². The zero-order valence-corrected chi connectivity index (χ0v) is 12.1. The van der Waals surface area contributed by atoms with Crippen molar-refractivity contribution in [1.29, 1.82) is 0 Å². The molecule has 0 radical (unpaired) electrons. The van der Waals surface area contributed by atoms with Gasteiger partial charge in [-0.05, 0) is 37.8 Å². The molecule has 0 fully saturated rings. The van der Waals surface area contributed by atoms with Gasteiger partial charge in [-0.3, -0.25) is 4.98 Å². The molecule has 5 heteroatoms. The van der Waals surface area contributed by atoms with Crippen LogP contribution in [0, 0.1) is 0 Å². The lowest BCUT2D eigenvalue weighted by Crippen LogP contribution is -2.18. The first-order valence-corrected chi connectivity index (χ1v) is 5.97. The molecule has 0 spiro atoms. The molecule has 2 N–H and O–H groups in total. The minimum absolute atomic E-state index is 0. The first kappa shape index (κ1) is 15.3. The second-order valence-electron chi connectivity index (χ2n) is 4.75. The number of hydrogen-bond acceptors (Lipinski definition) is 2. The Morgan fingerprint density at radius 2 is 2.22 bits per heavy atom. The third-order valence-electron chi connectivity index (χ3n) is 3.41. The van der Waals surface area contributed by atoms with Crippen molar-refractivity contribution in [2.75, 3.05) is 0 Å². The third-order valence-corrected chi connectivity index (χ3v) is 3.41. The van der Waals surface area contributed by atoms with Gasteiger partial charge in [-0.1, -0.05) is 0 Å². The monoisotopic (exact) mass is 287 g/mol. The molecule has 3 heterocycles. The number of aromatic nitrogens is 2. The van der Waals surface area contributed by atoms with E-state index >= 15 is 0 Å². The van der Waals surface area contributed by atoms with Crippen LogP contribution in [0.1, 0.15) is 24.6 Å². The summed E-state index contributed by atoms with van der Waals surface area (Å²) in [5.74, 6) is 0. The minimum atomic E-state index is 0. The van der Waals surface area contributed by atoms with Crippen molar-refractivity contribution in [2.24, 2.45) is 5.73 Å². The normalized spacial score (nSPS) is 14.8. The van der Waals surface area contributed by atoms with E-state index in [0.29, 0.717) is 0 Å². The van der Waals surface area contributed by atoms with Gasteiger partial charge in [0.1, 0.15) is 0 Å². The van der Waals surface area contributed by atoms with Crippen LogP contribution in [0.15, 0.2) is 18.5 Å². The molecule has 18 heavy (non-hydrogen) atoms. The van der Waals surface area contributed by atoms with E-state index in [0.717, 1.165) is 13.0 Å². The van der Waals surface area contributed by atoms with E-state index in [1.54, 1.807) is 0 Å². The number of nitrogens with zero attached hydrogens (tertiary/aromatic N) is 2. The molecule has 3 rings (SSSR count). The van der Waals surface area contributed by atoms with Gasteiger partial charge in [0.15, 0.2) is 0 Å². The molecule has 0 amide bonds. The molecule has 3 nitrogen and oxygen atoms in total. The van der Waals surface area contributed by atoms with Gasteiger partial charge in [0.2, 0.25) is 0 Å². The third kappa shape index (κ3) is 2.35. The topological polar surface area (TPSA) is 43.8 Å². The Morgan fingerprint density at radius 1 is 1.44 bits per heavy atom. The predicted molar refractivity (Wildman–Crippen MR) is 79.9 cm³/mol. The number of pyridine rings is 1. The maximum atomic E-state index is 5.94. The molecule has 2 aromatic heterocycles. The number of nitrogens with two attached hydrogens (primary N) is 1. The summed E-state index contributed by atoms with van der Waals surface area (Å²) in [6.45, 7) is 3.22. The van der Waals surface area contributed by atoms with Crippen molar-refractivity contribution in [3.05, 3.63) is 29.7 Å².